The van der Waals surface area contributed by atoms with Gasteiger partial charge in [0.2, 0.25) is 0 Å². The fourth-order valence-electron chi connectivity index (χ4n) is 1.25. The molecule has 1 atom stereocenters. The fourth-order valence-corrected chi connectivity index (χ4v) is 1.25. The maximum absolute atomic E-state index is 11.4. The van der Waals surface area contributed by atoms with Gasteiger partial charge in [-0.05, 0) is 25.7 Å². The van der Waals surface area contributed by atoms with Gasteiger partial charge in [-0.2, -0.15) is 0 Å². The summed E-state index contributed by atoms with van der Waals surface area (Å²) in [5.41, 5.74) is 0.122. The zero-order chi connectivity index (χ0) is 12.6. The van der Waals surface area contributed by atoms with E-state index in [9.17, 15) is 4.79 Å². The zero-order valence-corrected chi connectivity index (χ0v) is 11.1. The second kappa shape index (κ2) is 7.63. The Morgan fingerprint density at radius 2 is 2.06 bits per heavy atom. The number of rotatable bonds is 8. The minimum Gasteiger partial charge on any atom is -0.465 e. The Balaban J connectivity index is 3.88. The van der Waals surface area contributed by atoms with E-state index in [1.807, 2.05) is 13.8 Å². The van der Waals surface area contributed by atoms with Crippen molar-refractivity contribution in [3.05, 3.63) is 0 Å². The first-order valence-corrected chi connectivity index (χ1v) is 5.82. The van der Waals surface area contributed by atoms with Crippen molar-refractivity contribution in [2.24, 2.45) is 5.41 Å². The first-order chi connectivity index (χ1) is 7.43. The second-order valence-corrected chi connectivity index (χ2v) is 4.76. The molecule has 1 unspecified atom stereocenters. The van der Waals surface area contributed by atoms with Crippen LogP contribution in [0.5, 0.6) is 0 Å². The Morgan fingerprint density at radius 3 is 2.56 bits per heavy atom. The van der Waals surface area contributed by atoms with Crippen LogP contribution >= 0.6 is 0 Å². The smallest absolute Gasteiger partial charge is 0.322 e. The van der Waals surface area contributed by atoms with E-state index in [-0.39, 0.29) is 17.4 Å². The molecule has 0 aliphatic carbocycles. The van der Waals surface area contributed by atoms with Crippen LogP contribution in [-0.2, 0) is 14.3 Å². The molecule has 0 heterocycles. The zero-order valence-electron chi connectivity index (χ0n) is 11.1. The van der Waals surface area contributed by atoms with Gasteiger partial charge in [0.1, 0.15) is 6.04 Å². The van der Waals surface area contributed by atoms with E-state index in [1.54, 1.807) is 7.11 Å². The fraction of sp³-hybridized carbons (Fsp3) is 0.917. The van der Waals surface area contributed by atoms with Gasteiger partial charge >= 0.3 is 5.97 Å². The number of ether oxygens (including phenoxy) is 2. The standard InChI is InChI=1S/C12H25NO3/c1-6-16-11(14)10(2)13-9-12(3,4)7-8-15-5/h10,13H,6-9H2,1-5H3. The molecule has 0 aromatic heterocycles. The van der Waals surface area contributed by atoms with E-state index >= 15 is 0 Å². The van der Waals surface area contributed by atoms with Gasteiger partial charge in [0.15, 0.2) is 0 Å². The Bertz CT molecular complexity index is 204. The molecule has 0 amide bonds. The summed E-state index contributed by atoms with van der Waals surface area (Å²) in [6.45, 7) is 9.88. The van der Waals surface area contributed by atoms with Gasteiger partial charge in [0.25, 0.3) is 0 Å². The summed E-state index contributed by atoms with van der Waals surface area (Å²) in [5.74, 6) is -0.190. The summed E-state index contributed by atoms with van der Waals surface area (Å²) >= 11 is 0. The summed E-state index contributed by atoms with van der Waals surface area (Å²) in [6.07, 6.45) is 0.964. The third-order valence-electron chi connectivity index (χ3n) is 2.51. The molecule has 0 aliphatic rings. The van der Waals surface area contributed by atoms with Crippen molar-refractivity contribution >= 4 is 5.97 Å². The molecular weight excluding hydrogens is 206 g/mol. The third-order valence-corrected chi connectivity index (χ3v) is 2.51. The first-order valence-electron chi connectivity index (χ1n) is 5.82. The largest absolute Gasteiger partial charge is 0.465 e. The number of methoxy groups -OCH3 is 1. The topological polar surface area (TPSA) is 47.6 Å². The van der Waals surface area contributed by atoms with Crippen LogP contribution < -0.4 is 5.32 Å². The number of hydrogen-bond donors (Lipinski definition) is 1. The van der Waals surface area contributed by atoms with Crippen LogP contribution in [0.15, 0.2) is 0 Å². The molecule has 0 aromatic rings. The molecule has 0 bridgehead atoms. The molecule has 0 radical (unpaired) electrons. The minimum atomic E-state index is -0.248. The van der Waals surface area contributed by atoms with Crippen LogP contribution in [0.25, 0.3) is 0 Å². The summed E-state index contributed by atoms with van der Waals surface area (Å²) in [6, 6.07) is -0.248. The van der Waals surface area contributed by atoms with Crippen molar-refractivity contribution in [2.75, 3.05) is 26.9 Å². The predicted molar refractivity (Wildman–Crippen MR) is 64.4 cm³/mol. The average Bonchev–Trinajstić information content (AvgIpc) is 2.23. The molecule has 16 heavy (non-hydrogen) atoms. The molecule has 4 nitrogen and oxygen atoms in total. The molecule has 96 valence electrons. The monoisotopic (exact) mass is 231 g/mol. The summed E-state index contributed by atoms with van der Waals surface area (Å²) in [7, 11) is 1.70. The lowest BCUT2D eigenvalue weighted by atomic mass is 9.89. The predicted octanol–water partition coefficient (Wildman–Crippen LogP) is 1.59. The van der Waals surface area contributed by atoms with Gasteiger partial charge in [-0.25, -0.2) is 0 Å². The molecule has 4 heteroatoms. The van der Waals surface area contributed by atoms with E-state index in [1.165, 1.54) is 0 Å². The first kappa shape index (κ1) is 15.4. The lowest BCUT2D eigenvalue weighted by molar-refractivity contribution is -0.145. The lowest BCUT2D eigenvalue weighted by Gasteiger charge is -2.26. The van der Waals surface area contributed by atoms with E-state index < -0.39 is 0 Å². The van der Waals surface area contributed by atoms with Crippen LogP contribution in [0.1, 0.15) is 34.1 Å². The normalized spacial score (nSPS) is 13.6. The Morgan fingerprint density at radius 1 is 1.44 bits per heavy atom. The number of nitrogens with one attached hydrogen (secondary N) is 1. The molecule has 0 aliphatic heterocycles. The quantitative estimate of drug-likeness (QED) is 0.644. The number of esters is 1. The van der Waals surface area contributed by atoms with Crippen LogP contribution in [0.3, 0.4) is 0 Å². The molecule has 0 spiro atoms. The SMILES string of the molecule is CCOC(=O)C(C)NCC(C)(C)CCOC. The second-order valence-electron chi connectivity index (χ2n) is 4.76. The highest BCUT2D eigenvalue weighted by Crippen LogP contribution is 2.18. The van der Waals surface area contributed by atoms with Crippen LogP contribution in [-0.4, -0.2) is 38.9 Å². The van der Waals surface area contributed by atoms with Crippen molar-refractivity contribution in [1.29, 1.82) is 0 Å². The van der Waals surface area contributed by atoms with Crippen molar-refractivity contribution in [3.8, 4) is 0 Å². The van der Waals surface area contributed by atoms with Crippen molar-refractivity contribution in [3.63, 3.8) is 0 Å². The highest BCUT2D eigenvalue weighted by atomic mass is 16.5. The summed E-state index contributed by atoms with van der Waals surface area (Å²) in [5, 5.41) is 3.19. The highest BCUT2D eigenvalue weighted by molar-refractivity contribution is 5.75. The molecule has 1 N–H and O–H groups in total. The van der Waals surface area contributed by atoms with Crippen molar-refractivity contribution in [2.45, 2.75) is 40.2 Å². The van der Waals surface area contributed by atoms with Gasteiger partial charge < -0.3 is 14.8 Å². The minimum absolute atomic E-state index is 0.122. The van der Waals surface area contributed by atoms with Gasteiger partial charge in [-0.3, -0.25) is 4.79 Å². The van der Waals surface area contributed by atoms with E-state index in [2.05, 4.69) is 19.2 Å². The third kappa shape index (κ3) is 6.80. The Kier molecular flexibility index (Phi) is 7.34. The van der Waals surface area contributed by atoms with Crippen molar-refractivity contribution in [1.82, 2.24) is 5.32 Å². The lowest BCUT2D eigenvalue weighted by Crippen LogP contribution is -2.41. The average molecular weight is 231 g/mol. The number of carbonyl (C=O) groups is 1. The summed E-state index contributed by atoms with van der Waals surface area (Å²) < 4.78 is 9.98. The Hall–Kier alpha value is -0.610. The van der Waals surface area contributed by atoms with Gasteiger partial charge in [0.05, 0.1) is 6.61 Å². The van der Waals surface area contributed by atoms with Gasteiger partial charge in [-0.15, -0.1) is 0 Å². The summed E-state index contributed by atoms with van der Waals surface area (Å²) in [4.78, 5) is 11.4. The Labute approximate surface area is 98.7 Å². The number of hydrogen-bond acceptors (Lipinski definition) is 4. The van der Waals surface area contributed by atoms with E-state index in [0.717, 1.165) is 19.6 Å². The van der Waals surface area contributed by atoms with Gasteiger partial charge in [0, 0.05) is 20.3 Å². The van der Waals surface area contributed by atoms with E-state index in [4.69, 9.17) is 9.47 Å². The van der Waals surface area contributed by atoms with Crippen LogP contribution in [0, 0.1) is 5.41 Å². The molecule has 0 rings (SSSR count). The maximum atomic E-state index is 11.4. The molecule has 0 saturated carbocycles. The molecular formula is C12H25NO3. The van der Waals surface area contributed by atoms with Crippen LogP contribution in [0.4, 0.5) is 0 Å². The highest BCUT2D eigenvalue weighted by Gasteiger charge is 2.21. The molecule has 0 saturated heterocycles. The van der Waals surface area contributed by atoms with Crippen LogP contribution in [0.2, 0.25) is 0 Å². The van der Waals surface area contributed by atoms with Gasteiger partial charge in [-0.1, -0.05) is 13.8 Å². The maximum Gasteiger partial charge on any atom is 0.322 e. The van der Waals surface area contributed by atoms with Crippen molar-refractivity contribution < 1.29 is 14.3 Å². The van der Waals surface area contributed by atoms with E-state index in [0.29, 0.717) is 6.61 Å². The molecule has 0 aromatic carbocycles. The number of carbonyl (C=O) groups excluding carboxylic acids is 1. The molecule has 0 fully saturated rings.